The molecule has 2 fully saturated rings. The number of hydrogen-bond donors (Lipinski definition) is 0. The highest BCUT2D eigenvalue weighted by atomic mass is 35.5. The molecule has 3 heteroatoms. The van der Waals surface area contributed by atoms with Gasteiger partial charge in [-0.15, -0.1) is 11.6 Å². The first-order chi connectivity index (χ1) is 7.75. The first-order valence-corrected chi connectivity index (χ1v) is 7.15. The van der Waals surface area contributed by atoms with Crippen LogP contribution in [0.3, 0.4) is 0 Å². The molecule has 2 rings (SSSR count). The lowest BCUT2D eigenvalue weighted by atomic mass is 10.0. The Balaban J connectivity index is 2.13. The zero-order chi connectivity index (χ0) is 13.0. The highest BCUT2D eigenvalue weighted by Gasteiger charge is 2.69. The fourth-order valence-corrected chi connectivity index (χ4v) is 3.97. The highest BCUT2D eigenvalue weighted by molar-refractivity contribution is 6.18. The summed E-state index contributed by atoms with van der Waals surface area (Å²) in [6, 6.07) is 0.247. The predicted molar refractivity (Wildman–Crippen MR) is 71.1 cm³/mol. The molecule has 1 aliphatic carbocycles. The number of alkyl halides is 1. The molecule has 0 aromatic heterocycles. The van der Waals surface area contributed by atoms with Gasteiger partial charge < -0.3 is 4.90 Å². The maximum Gasteiger partial charge on any atom is 0.227 e. The number of rotatable bonds is 2. The molecule has 1 amide bonds. The molecule has 17 heavy (non-hydrogen) atoms. The Morgan fingerprint density at radius 1 is 1.29 bits per heavy atom. The number of amides is 1. The van der Waals surface area contributed by atoms with E-state index in [-0.39, 0.29) is 22.8 Å². The van der Waals surface area contributed by atoms with Gasteiger partial charge in [-0.05, 0) is 23.2 Å². The summed E-state index contributed by atoms with van der Waals surface area (Å²) < 4.78 is 0. The van der Waals surface area contributed by atoms with Gasteiger partial charge in [0.25, 0.3) is 0 Å². The van der Waals surface area contributed by atoms with Gasteiger partial charge >= 0.3 is 0 Å². The van der Waals surface area contributed by atoms with Crippen molar-refractivity contribution in [1.82, 2.24) is 4.90 Å². The summed E-state index contributed by atoms with van der Waals surface area (Å²) in [4.78, 5) is 14.7. The lowest BCUT2D eigenvalue weighted by Crippen LogP contribution is -2.40. The molecule has 1 saturated heterocycles. The Labute approximate surface area is 110 Å². The standard InChI is InChI=1S/C14H24ClNO/c1-9-6-7-16(10(9)8-15)12(17)11-13(2,3)14(11,4)5/h9-11H,6-8H2,1-5H3. The molecular weight excluding hydrogens is 234 g/mol. The average Bonchev–Trinajstić information content (AvgIpc) is 2.55. The van der Waals surface area contributed by atoms with Crippen molar-refractivity contribution in [2.75, 3.05) is 12.4 Å². The second kappa shape index (κ2) is 3.88. The Morgan fingerprint density at radius 2 is 1.82 bits per heavy atom. The predicted octanol–water partition coefficient (Wildman–Crippen LogP) is 3.14. The van der Waals surface area contributed by atoms with E-state index in [1.165, 1.54) is 0 Å². The average molecular weight is 258 g/mol. The zero-order valence-corrected chi connectivity index (χ0v) is 12.3. The highest BCUT2D eigenvalue weighted by Crippen LogP contribution is 2.69. The lowest BCUT2D eigenvalue weighted by Gasteiger charge is -2.26. The van der Waals surface area contributed by atoms with Gasteiger partial charge in [0.05, 0.1) is 0 Å². The van der Waals surface area contributed by atoms with Crippen molar-refractivity contribution in [3.63, 3.8) is 0 Å². The molecule has 1 saturated carbocycles. The summed E-state index contributed by atoms with van der Waals surface area (Å²) in [6.07, 6.45) is 1.09. The fourth-order valence-electron chi connectivity index (χ4n) is 3.50. The minimum atomic E-state index is 0.132. The molecule has 0 aromatic carbocycles. The monoisotopic (exact) mass is 257 g/mol. The largest absolute Gasteiger partial charge is 0.338 e. The smallest absolute Gasteiger partial charge is 0.227 e. The fraction of sp³-hybridized carbons (Fsp3) is 0.929. The maximum atomic E-state index is 12.6. The first kappa shape index (κ1) is 13.2. The molecule has 98 valence electrons. The van der Waals surface area contributed by atoms with E-state index in [4.69, 9.17) is 11.6 Å². The van der Waals surface area contributed by atoms with Crippen LogP contribution >= 0.6 is 11.6 Å². The van der Waals surface area contributed by atoms with Crippen LogP contribution < -0.4 is 0 Å². The van der Waals surface area contributed by atoms with Crippen LogP contribution in [-0.4, -0.2) is 29.3 Å². The minimum Gasteiger partial charge on any atom is -0.338 e. The summed E-state index contributed by atoms with van der Waals surface area (Å²) >= 11 is 6.01. The number of halogens is 1. The van der Waals surface area contributed by atoms with Gasteiger partial charge in [0.15, 0.2) is 0 Å². The summed E-state index contributed by atoms with van der Waals surface area (Å²) in [5.74, 6) is 1.61. The van der Waals surface area contributed by atoms with Crippen LogP contribution in [0.1, 0.15) is 41.0 Å². The molecule has 1 aliphatic heterocycles. The van der Waals surface area contributed by atoms with E-state index in [9.17, 15) is 4.79 Å². The SMILES string of the molecule is CC1CCN(C(=O)C2C(C)(C)C2(C)C)C1CCl. The normalized spacial score (nSPS) is 35.1. The minimum absolute atomic E-state index is 0.132. The van der Waals surface area contributed by atoms with Crippen LogP contribution in [0.2, 0.25) is 0 Å². The van der Waals surface area contributed by atoms with Crippen LogP contribution in [0.15, 0.2) is 0 Å². The van der Waals surface area contributed by atoms with Crippen molar-refractivity contribution < 1.29 is 4.79 Å². The van der Waals surface area contributed by atoms with Crippen molar-refractivity contribution >= 4 is 17.5 Å². The molecule has 0 radical (unpaired) electrons. The molecule has 0 spiro atoms. The van der Waals surface area contributed by atoms with Gasteiger partial charge in [-0.2, -0.15) is 0 Å². The van der Waals surface area contributed by atoms with E-state index in [0.717, 1.165) is 13.0 Å². The van der Waals surface area contributed by atoms with Crippen molar-refractivity contribution in [3.05, 3.63) is 0 Å². The van der Waals surface area contributed by atoms with Crippen LogP contribution in [0.5, 0.6) is 0 Å². The molecule has 2 atom stereocenters. The van der Waals surface area contributed by atoms with Crippen molar-refractivity contribution in [1.29, 1.82) is 0 Å². The molecule has 0 aromatic rings. The van der Waals surface area contributed by atoms with E-state index in [0.29, 0.717) is 17.7 Å². The third-order valence-electron chi connectivity index (χ3n) is 5.59. The number of nitrogens with zero attached hydrogens (tertiary/aromatic N) is 1. The maximum absolute atomic E-state index is 12.6. The molecule has 0 N–H and O–H groups in total. The Hall–Kier alpha value is -0.240. The Morgan fingerprint density at radius 3 is 2.24 bits per heavy atom. The second-order valence-electron chi connectivity index (χ2n) is 6.90. The first-order valence-electron chi connectivity index (χ1n) is 6.61. The van der Waals surface area contributed by atoms with Crippen LogP contribution in [0, 0.1) is 22.7 Å². The Bertz CT molecular complexity index is 323. The van der Waals surface area contributed by atoms with Gasteiger partial charge in [0, 0.05) is 24.4 Å². The van der Waals surface area contributed by atoms with E-state index < -0.39 is 0 Å². The summed E-state index contributed by atoms with van der Waals surface area (Å²) in [5.41, 5.74) is 0.263. The van der Waals surface area contributed by atoms with E-state index in [2.05, 4.69) is 34.6 Å². The molecule has 2 unspecified atom stereocenters. The van der Waals surface area contributed by atoms with E-state index in [1.54, 1.807) is 0 Å². The Kier molecular flexibility index (Phi) is 3.01. The third-order valence-corrected chi connectivity index (χ3v) is 5.91. The molecule has 2 aliphatic rings. The van der Waals surface area contributed by atoms with Crippen LogP contribution in [0.4, 0.5) is 0 Å². The number of hydrogen-bond acceptors (Lipinski definition) is 1. The lowest BCUT2D eigenvalue weighted by molar-refractivity contribution is -0.134. The number of carbonyl (C=O) groups excluding carboxylic acids is 1. The topological polar surface area (TPSA) is 20.3 Å². The quantitative estimate of drug-likeness (QED) is 0.696. The number of carbonyl (C=O) groups is 1. The second-order valence-corrected chi connectivity index (χ2v) is 7.20. The third kappa shape index (κ3) is 1.71. The number of likely N-dealkylation sites (tertiary alicyclic amines) is 1. The van der Waals surface area contributed by atoms with Crippen molar-refractivity contribution in [3.8, 4) is 0 Å². The van der Waals surface area contributed by atoms with Crippen LogP contribution in [-0.2, 0) is 4.79 Å². The van der Waals surface area contributed by atoms with Crippen molar-refractivity contribution in [2.45, 2.75) is 47.1 Å². The summed E-state index contributed by atoms with van der Waals surface area (Å²) in [5, 5.41) is 0. The van der Waals surface area contributed by atoms with Gasteiger partial charge in [0.2, 0.25) is 5.91 Å². The summed E-state index contributed by atoms with van der Waals surface area (Å²) in [6.45, 7) is 11.9. The molecule has 0 bridgehead atoms. The van der Waals surface area contributed by atoms with E-state index >= 15 is 0 Å². The zero-order valence-electron chi connectivity index (χ0n) is 11.6. The van der Waals surface area contributed by atoms with Gasteiger partial charge in [-0.25, -0.2) is 0 Å². The molecule has 2 nitrogen and oxygen atoms in total. The van der Waals surface area contributed by atoms with E-state index in [1.807, 2.05) is 4.90 Å². The van der Waals surface area contributed by atoms with Crippen molar-refractivity contribution in [2.24, 2.45) is 22.7 Å². The molecule has 1 heterocycles. The molecular formula is C14H24ClNO. The van der Waals surface area contributed by atoms with Gasteiger partial charge in [0.1, 0.15) is 0 Å². The van der Waals surface area contributed by atoms with Gasteiger partial charge in [-0.3, -0.25) is 4.79 Å². The summed E-state index contributed by atoms with van der Waals surface area (Å²) in [7, 11) is 0. The van der Waals surface area contributed by atoms with Gasteiger partial charge in [-0.1, -0.05) is 34.6 Å². The van der Waals surface area contributed by atoms with Crippen LogP contribution in [0.25, 0.3) is 0 Å².